The standard InChI is InChI=1S/C15H24N2O2/c1-5-19-13-10-11(2)6-7-12(13)17-14(18)8-9-15(3,4)16/h6-7,10H,5,8-9,16H2,1-4H3,(H,17,18). The summed E-state index contributed by atoms with van der Waals surface area (Å²) in [5.41, 5.74) is 7.36. The van der Waals surface area contributed by atoms with Crippen molar-refractivity contribution in [2.24, 2.45) is 5.73 Å². The molecule has 1 aromatic carbocycles. The number of rotatable bonds is 6. The van der Waals surface area contributed by atoms with E-state index >= 15 is 0 Å². The van der Waals surface area contributed by atoms with Crippen molar-refractivity contribution in [3.8, 4) is 5.75 Å². The number of nitrogens with one attached hydrogen (secondary N) is 1. The van der Waals surface area contributed by atoms with Gasteiger partial charge in [0, 0.05) is 12.0 Å². The molecule has 0 aromatic heterocycles. The summed E-state index contributed by atoms with van der Waals surface area (Å²) < 4.78 is 5.52. The molecule has 19 heavy (non-hydrogen) atoms. The van der Waals surface area contributed by atoms with Crippen LogP contribution in [0.2, 0.25) is 0 Å². The smallest absolute Gasteiger partial charge is 0.224 e. The number of carbonyl (C=O) groups excluding carboxylic acids is 1. The molecular weight excluding hydrogens is 240 g/mol. The lowest BCUT2D eigenvalue weighted by Gasteiger charge is -2.18. The number of aryl methyl sites for hydroxylation is 1. The van der Waals surface area contributed by atoms with Crippen LogP contribution in [0.5, 0.6) is 5.75 Å². The first-order valence-electron chi connectivity index (χ1n) is 6.64. The molecule has 1 rings (SSSR count). The Morgan fingerprint density at radius 2 is 2.11 bits per heavy atom. The van der Waals surface area contributed by atoms with Crippen LogP contribution in [0.3, 0.4) is 0 Å². The third kappa shape index (κ3) is 5.75. The molecule has 1 amide bonds. The highest BCUT2D eigenvalue weighted by atomic mass is 16.5. The Morgan fingerprint density at radius 3 is 2.68 bits per heavy atom. The molecular formula is C15H24N2O2. The molecule has 0 radical (unpaired) electrons. The quantitative estimate of drug-likeness (QED) is 0.830. The summed E-state index contributed by atoms with van der Waals surface area (Å²) in [7, 11) is 0. The van der Waals surface area contributed by atoms with Gasteiger partial charge in [0.2, 0.25) is 5.91 Å². The molecule has 1 aromatic rings. The molecule has 0 unspecified atom stereocenters. The van der Waals surface area contributed by atoms with Gasteiger partial charge in [-0.05, 0) is 51.8 Å². The van der Waals surface area contributed by atoms with Gasteiger partial charge in [-0.3, -0.25) is 4.79 Å². The fourth-order valence-corrected chi connectivity index (χ4v) is 1.66. The summed E-state index contributed by atoms with van der Waals surface area (Å²) in [6.07, 6.45) is 1.05. The first kappa shape index (κ1) is 15.5. The van der Waals surface area contributed by atoms with Crippen molar-refractivity contribution in [1.29, 1.82) is 0 Å². The Hall–Kier alpha value is -1.55. The third-order valence-corrected chi connectivity index (χ3v) is 2.71. The van der Waals surface area contributed by atoms with E-state index in [0.29, 0.717) is 30.9 Å². The van der Waals surface area contributed by atoms with Crippen molar-refractivity contribution in [3.05, 3.63) is 23.8 Å². The molecule has 0 aliphatic rings. The molecule has 4 nitrogen and oxygen atoms in total. The van der Waals surface area contributed by atoms with E-state index in [2.05, 4.69) is 5.32 Å². The largest absolute Gasteiger partial charge is 0.492 e. The molecule has 0 aliphatic heterocycles. The lowest BCUT2D eigenvalue weighted by molar-refractivity contribution is -0.116. The summed E-state index contributed by atoms with van der Waals surface area (Å²) in [6, 6.07) is 5.74. The van der Waals surface area contributed by atoms with Gasteiger partial charge in [0.1, 0.15) is 5.75 Å². The van der Waals surface area contributed by atoms with Crippen LogP contribution in [0.15, 0.2) is 18.2 Å². The minimum atomic E-state index is -0.326. The van der Waals surface area contributed by atoms with Gasteiger partial charge in [0.15, 0.2) is 0 Å². The number of carbonyl (C=O) groups is 1. The van der Waals surface area contributed by atoms with Gasteiger partial charge >= 0.3 is 0 Å². The summed E-state index contributed by atoms with van der Waals surface area (Å²) in [6.45, 7) is 8.31. The molecule has 0 saturated heterocycles. The lowest BCUT2D eigenvalue weighted by atomic mass is 10.00. The van der Waals surface area contributed by atoms with E-state index in [1.807, 2.05) is 45.9 Å². The predicted molar refractivity (Wildman–Crippen MR) is 78.5 cm³/mol. The van der Waals surface area contributed by atoms with Crippen LogP contribution in [-0.4, -0.2) is 18.1 Å². The maximum absolute atomic E-state index is 11.9. The number of anilines is 1. The number of benzene rings is 1. The maximum Gasteiger partial charge on any atom is 0.224 e. The van der Waals surface area contributed by atoms with Crippen molar-refractivity contribution in [2.45, 2.75) is 46.1 Å². The SMILES string of the molecule is CCOc1cc(C)ccc1NC(=O)CCC(C)(C)N. The van der Waals surface area contributed by atoms with E-state index in [1.165, 1.54) is 0 Å². The fourth-order valence-electron chi connectivity index (χ4n) is 1.66. The molecule has 106 valence electrons. The van der Waals surface area contributed by atoms with Gasteiger partial charge < -0.3 is 15.8 Å². The van der Waals surface area contributed by atoms with Crippen molar-refractivity contribution in [2.75, 3.05) is 11.9 Å². The number of amides is 1. The van der Waals surface area contributed by atoms with Crippen molar-refractivity contribution < 1.29 is 9.53 Å². The molecule has 0 heterocycles. The highest BCUT2D eigenvalue weighted by molar-refractivity contribution is 5.92. The van der Waals surface area contributed by atoms with Gasteiger partial charge in [-0.2, -0.15) is 0 Å². The topological polar surface area (TPSA) is 64.3 Å². The second-order valence-corrected chi connectivity index (χ2v) is 5.47. The first-order chi connectivity index (χ1) is 8.81. The third-order valence-electron chi connectivity index (χ3n) is 2.71. The van der Waals surface area contributed by atoms with E-state index < -0.39 is 0 Å². The highest BCUT2D eigenvalue weighted by Crippen LogP contribution is 2.26. The van der Waals surface area contributed by atoms with E-state index in [9.17, 15) is 4.79 Å². The molecule has 0 aliphatic carbocycles. The number of nitrogens with two attached hydrogens (primary N) is 1. The van der Waals surface area contributed by atoms with Gasteiger partial charge in [0.25, 0.3) is 0 Å². The average molecular weight is 264 g/mol. The number of hydrogen-bond acceptors (Lipinski definition) is 3. The van der Waals surface area contributed by atoms with Crippen LogP contribution < -0.4 is 15.8 Å². The van der Waals surface area contributed by atoms with Gasteiger partial charge in [-0.1, -0.05) is 6.07 Å². The zero-order valence-electron chi connectivity index (χ0n) is 12.2. The van der Waals surface area contributed by atoms with E-state index in [1.54, 1.807) is 0 Å². The minimum Gasteiger partial charge on any atom is -0.492 e. The first-order valence-corrected chi connectivity index (χ1v) is 6.64. The number of hydrogen-bond donors (Lipinski definition) is 2. The average Bonchev–Trinajstić information content (AvgIpc) is 2.30. The summed E-state index contributed by atoms with van der Waals surface area (Å²) in [5.74, 6) is 0.672. The Morgan fingerprint density at radius 1 is 1.42 bits per heavy atom. The lowest BCUT2D eigenvalue weighted by Crippen LogP contribution is -2.33. The maximum atomic E-state index is 11.9. The molecule has 0 bridgehead atoms. The zero-order valence-corrected chi connectivity index (χ0v) is 12.2. The van der Waals surface area contributed by atoms with Gasteiger partial charge in [0.05, 0.1) is 12.3 Å². The van der Waals surface area contributed by atoms with E-state index in [0.717, 1.165) is 5.56 Å². The molecule has 0 spiro atoms. The van der Waals surface area contributed by atoms with E-state index in [-0.39, 0.29) is 11.4 Å². The minimum absolute atomic E-state index is 0.0386. The Labute approximate surface area is 115 Å². The Kier molecular flexibility index (Phi) is 5.36. The molecule has 0 atom stereocenters. The Bertz CT molecular complexity index is 436. The van der Waals surface area contributed by atoms with Gasteiger partial charge in [-0.15, -0.1) is 0 Å². The van der Waals surface area contributed by atoms with Crippen molar-refractivity contribution in [1.82, 2.24) is 0 Å². The fraction of sp³-hybridized carbons (Fsp3) is 0.533. The monoisotopic (exact) mass is 264 g/mol. The van der Waals surface area contributed by atoms with Gasteiger partial charge in [-0.25, -0.2) is 0 Å². The number of ether oxygens (including phenoxy) is 1. The second kappa shape index (κ2) is 6.57. The van der Waals surface area contributed by atoms with E-state index in [4.69, 9.17) is 10.5 Å². The normalized spacial score (nSPS) is 11.2. The summed E-state index contributed by atoms with van der Waals surface area (Å²) in [4.78, 5) is 11.9. The Balaban J connectivity index is 2.68. The summed E-state index contributed by atoms with van der Waals surface area (Å²) >= 11 is 0. The predicted octanol–water partition coefficient (Wildman–Crippen LogP) is 2.85. The zero-order chi connectivity index (χ0) is 14.5. The molecule has 3 N–H and O–H groups in total. The molecule has 0 fully saturated rings. The second-order valence-electron chi connectivity index (χ2n) is 5.47. The van der Waals surface area contributed by atoms with Crippen molar-refractivity contribution >= 4 is 11.6 Å². The van der Waals surface area contributed by atoms with Crippen LogP contribution in [0, 0.1) is 6.92 Å². The highest BCUT2D eigenvalue weighted by Gasteiger charge is 2.14. The van der Waals surface area contributed by atoms with Crippen LogP contribution in [0.25, 0.3) is 0 Å². The summed E-state index contributed by atoms with van der Waals surface area (Å²) in [5, 5.41) is 2.88. The van der Waals surface area contributed by atoms with Crippen LogP contribution in [0.1, 0.15) is 39.2 Å². The van der Waals surface area contributed by atoms with Crippen LogP contribution in [-0.2, 0) is 4.79 Å². The van der Waals surface area contributed by atoms with Crippen LogP contribution in [0.4, 0.5) is 5.69 Å². The molecule has 0 saturated carbocycles. The molecule has 4 heteroatoms. The van der Waals surface area contributed by atoms with Crippen LogP contribution >= 0.6 is 0 Å². The van der Waals surface area contributed by atoms with Crippen molar-refractivity contribution in [3.63, 3.8) is 0 Å².